The van der Waals surface area contributed by atoms with Gasteiger partial charge in [0.15, 0.2) is 5.58 Å². The number of hydrogen-bond acceptors (Lipinski definition) is 5. The maximum absolute atomic E-state index is 13.4. The van der Waals surface area contributed by atoms with E-state index in [1.165, 1.54) is 6.07 Å². The lowest BCUT2D eigenvalue weighted by Gasteiger charge is -2.39. The van der Waals surface area contributed by atoms with Crippen molar-refractivity contribution in [2.24, 2.45) is 7.05 Å². The van der Waals surface area contributed by atoms with E-state index in [1.807, 2.05) is 42.4 Å². The van der Waals surface area contributed by atoms with E-state index in [-0.39, 0.29) is 28.9 Å². The van der Waals surface area contributed by atoms with Crippen LogP contribution in [0.15, 0.2) is 89.5 Å². The first-order chi connectivity index (χ1) is 19.3. The molecule has 1 amide bonds. The highest BCUT2D eigenvalue weighted by molar-refractivity contribution is 5.95. The van der Waals surface area contributed by atoms with Gasteiger partial charge in [-0.15, -0.1) is 0 Å². The number of carbonyl (C=O) groups excluding carboxylic acids is 1. The largest absolute Gasteiger partial charge is 0.436 e. The molecule has 1 fully saturated rings. The number of carbonyl (C=O) groups is 1. The predicted octanol–water partition coefficient (Wildman–Crippen LogP) is 5.79. The number of piperazine rings is 1. The third kappa shape index (κ3) is 5.10. The Balaban J connectivity index is 1.19. The smallest absolute Gasteiger partial charge is 0.416 e. The average Bonchev–Trinajstić information content (AvgIpc) is 3.59. The van der Waals surface area contributed by atoms with Crippen LogP contribution in [0.2, 0.25) is 0 Å². The average molecular weight is 546 g/mol. The molecule has 0 bridgehead atoms. The summed E-state index contributed by atoms with van der Waals surface area (Å²) in [6, 6.07) is 22.3. The number of aromatic nitrogens is 3. The topological polar surface area (TPSA) is 67.4 Å². The Hall–Kier alpha value is -4.44. The molecule has 0 spiro atoms. The quantitative estimate of drug-likeness (QED) is 0.280. The van der Waals surface area contributed by atoms with Crippen LogP contribution in [0.25, 0.3) is 22.6 Å². The first-order valence-electron chi connectivity index (χ1n) is 12.9. The van der Waals surface area contributed by atoms with Gasteiger partial charge in [0.25, 0.3) is 5.91 Å². The van der Waals surface area contributed by atoms with Crippen molar-refractivity contribution in [3.05, 3.63) is 107 Å². The standard InChI is InChI=1S/C30H26F3N5O2/c1-36-13-12-24(35-36)27(20-6-3-2-4-7-20)37-14-16-38(17-15-37)29(39)22-9-5-8-21(18-22)28-34-25-19-23(30(31,32)33)10-11-26(25)40-28/h2-13,18-19,27H,14-17H2,1H3. The second-order valence-corrected chi connectivity index (χ2v) is 9.84. The van der Waals surface area contributed by atoms with Crippen LogP contribution in [0.4, 0.5) is 13.2 Å². The Kier molecular flexibility index (Phi) is 6.63. The van der Waals surface area contributed by atoms with Gasteiger partial charge in [-0.05, 0) is 48.0 Å². The van der Waals surface area contributed by atoms with Crippen LogP contribution in [0, 0.1) is 0 Å². The molecule has 0 aliphatic carbocycles. The van der Waals surface area contributed by atoms with Crippen molar-refractivity contribution >= 4 is 17.0 Å². The number of rotatable bonds is 5. The lowest BCUT2D eigenvalue weighted by Crippen LogP contribution is -2.50. The molecule has 2 aromatic heterocycles. The number of halogens is 3. The third-order valence-corrected chi connectivity index (χ3v) is 7.17. The van der Waals surface area contributed by atoms with Crippen LogP contribution in [0.1, 0.15) is 33.2 Å². The second-order valence-electron chi connectivity index (χ2n) is 9.84. The minimum Gasteiger partial charge on any atom is -0.436 e. The highest BCUT2D eigenvalue weighted by Gasteiger charge is 2.32. The molecular weight excluding hydrogens is 519 g/mol. The van der Waals surface area contributed by atoms with Gasteiger partial charge in [-0.2, -0.15) is 18.3 Å². The SMILES string of the molecule is Cn1ccc(C(c2ccccc2)N2CCN(C(=O)c3cccc(-c4nc5cc(C(F)(F)F)ccc5o4)c3)CC2)n1. The number of amides is 1. The molecule has 3 heterocycles. The molecule has 1 unspecified atom stereocenters. The zero-order chi connectivity index (χ0) is 27.9. The zero-order valence-corrected chi connectivity index (χ0v) is 21.7. The van der Waals surface area contributed by atoms with Crippen LogP contribution in [0.3, 0.4) is 0 Å². The van der Waals surface area contributed by atoms with Gasteiger partial charge in [0.1, 0.15) is 5.52 Å². The highest BCUT2D eigenvalue weighted by Crippen LogP contribution is 2.33. The summed E-state index contributed by atoms with van der Waals surface area (Å²) in [4.78, 5) is 21.9. The molecule has 3 aromatic carbocycles. The Morgan fingerprint density at radius 2 is 1.70 bits per heavy atom. The molecule has 6 rings (SSSR count). The molecule has 5 aromatic rings. The van der Waals surface area contributed by atoms with E-state index in [2.05, 4.69) is 27.1 Å². The first-order valence-corrected chi connectivity index (χ1v) is 12.9. The van der Waals surface area contributed by atoms with Gasteiger partial charge in [-0.25, -0.2) is 4.98 Å². The van der Waals surface area contributed by atoms with Gasteiger partial charge in [-0.3, -0.25) is 14.4 Å². The van der Waals surface area contributed by atoms with E-state index in [4.69, 9.17) is 4.42 Å². The van der Waals surface area contributed by atoms with Crippen molar-refractivity contribution in [2.75, 3.05) is 26.2 Å². The van der Waals surface area contributed by atoms with E-state index in [0.29, 0.717) is 37.3 Å². The number of alkyl halides is 3. The van der Waals surface area contributed by atoms with Gasteiger partial charge in [0.05, 0.1) is 17.3 Å². The molecule has 0 radical (unpaired) electrons. The summed E-state index contributed by atoms with van der Waals surface area (Å²) >= 11 is 0. The lowest BCUT2D eigenvalue weighted by atomic mass is 10.0. The fraction of sp³-hybridized carbons (Fsp3) is 0.233. The van der Waals surface area contributed by atoms with E-state index in [1.54, 1.807) is 28.9 Å². The minimum absolute atomic E-state index is 0.0139. The minimum atomic E-state index is -4.47. The van der Waals surface area contributed by atoms with E-state index < -0.39 is 11.7 Å². The number of oxazole rings is 1. The number of nitrogens with zero attached hydrogens (tertiary/aromatic N) is 5. The zero-order valence-electron chi connectivity index (χ0n) is 21.7. The molecule has 0 saturated carbocycles. The molecule has 10 heteroatoms. The van der Waals surface area contributed by atoms with Gasteiger partial charge >= 0.3 is 6.18 Å². The van der Waals surface area contributed by atoms with Crippen molar-refractivity contribution in [1.82, 2.24) is 24.6 Å². The van der Waals surface area contributed by atoms with Gasteiger partial charge in [0.2, 0.25) is 5.89 Å². The molecule has 1 saturated heterocycles. The van der Waals surface area contributed by atoms with E-state index >= 15 is 0 Å². The summed E-state index contributed by atoms with van der Waals surface area (Å²) in [5.74, 6) is 0.0425. The van der Waals surface area contributed by atoms with Gasteiger partial charge in [0, 0.05) is 50.6 Å². The maximum atomic E-state index is 13.4. The van der Waals surface area contributed by atoms with Gasteiger partial charge in [-0.1, -0.05) is 36.4 Å². The van der Waals surface area contributed by atoms with Crippen molar-refractivity contribution in [3.8, 4) is 11.5 Å². The normalized spacial score (nSPS) is 15.4. The Morgan fingerprint density at radius 1 is 0.925 bits per heavy atom. The number of hydrogen-bond donors (Lipinski definition) is 0. The predicted molar refractivity (Wildman–Crippen MR) is 143 cm³/mol. The van der Waals surface area contributed by atoms with Crippen LogP contribution in [-0.4, -0.2) is 56.7 Å². The van der Waals surface area contributed by atoms with Gasteiger partial charge < -0.3 is 9.32 Å². The summed E-state index contributed by atoms with van der Waals surface area (Å²) in [5, 5.41) is 4.66. The second kappa shape index (κ2) is 10.3. The monoisotopic (exact) mass is 545 g/mol. The number of aryl methyl sites for hydroxylation is 1. The number of fused-ring (bicyclic) bond motifs is 1. The molecule has 1 aliphatic rings. The lowest BCUT2D eigenvalue weighted by molar-refractivity contribution is -0.137. The van der Waals surface area contributed by atoms with Crippen LogP contribution in [-0.2, 0) is 13.2 Å². The Bertz CT molecular complexity index is 1650. The molecule has 0 N–H and O–H groups in total. The summed E-state index contributed by atoms with van der Waals surface area (Å²) in [5.41, 5.74) is 2.66. The van der Waals surface area contributed by atoms with Crippen molar-refractivity contribution in [3.63, 3.8) is 0 Å². The molecular formula is C30H26F3N5O2. The summed E-state index contributed by atoms with van der Waals surface area (Å²) < 4.78 is 46.8. The van der Waals surface area contributed by atoms with Crippen molar-refractivity contribution in [2.45, 2.75) is 12.2 Å². The highest BCUT2D eigenvalue weighted by atomic mass is 19.4. The maximum Gasteiger partial charge on any atom is 0.416 e. The third-order valence-electron chi connectivity index (χ3n) is 7.17. The van der Waals surface area contributed by atoms with Crippen LogP contribution < -0.4 is 0 Å². The number of benzene rings is 3. The first kappa shape index (κ1) is 25.8. The van der Waals surface area contributed by atoms with Crippen LogP contribution in [0.5, 0.6) is 0 Å². The summed E-state index contributed by atoms with van der Waals surface area (Å²) in [7, 11) is 1.90. The van der Waals surface area contributed by atoms with E-state index in [0.717, 1.165) is 23.4 Å². The molecule has 40 heavy (non-hydrogen) atoms. The molecule has 1 atom stereocenters. The molecule has 1 aliphatic heterocycles. The summed E-state index contributed by atoms with van der Waals surface area (Å²) in [6.45, 7) is 2.44. The molecule has 7 nitrogen and oxygen atoms in total. The Labute approximate surface area is 228 Å². The fourth-order valence-corrected chi connectivity index (χ4v) is 5.16. The van der Waals surface area contributed by atoms with Crippen molar-refractivity contribution in [1.29, 1.82) is 0 Å². The van der Waals surface area contributed by atoms with Crippen LogP contribution >= 0.6 is 0 Å². The Morgan fingerprint density at radius 3 is 2.40 bits per heavy atom. The summed E-state index contributed by atoms with van der Waals surface area (Å²) in [6.07, 6.45) is -2.54. The van der Waals surface area contributed by atoms with E-state index in [9.17, 15) is 18.0 Å². The van der Waals surface area contributed by atoms with Crippen molar-refractivity contribution < 1.29 is 22.4 Å². The fourth-order valence-electron chi connectivity index (χ4n) is 5.16. The molecule has 204 valence electrons.